The number of morpholine rings is 1. The minimum atomic E-state index is -0.511. The number of fused-ring (bicyclic) bond motifs is 4. The van der Waals surface area contributed by atoms with Gasteiger partial charge in [0.25, 0.3) is 0 Å². The Labute approximate surface area is 332 Å². The summed E-state index contributed by atoms with van der Waals surface area (Å²) in [5, 5.41) is 12.8. The third-order valence-corrected chi connectivity index (χ3v) is 19.7. The number of ether oxygens (including phenoxy) is 4. The molecule has 10 aliphatic rings. The first-order valence-electron chi connectivity index (χ1n) is 23.2. The van der Waals surface area contributed by atoms with Crippen molar-refractivity contribution in [3.05, 3.63) is 0 Å². The second-order valence-electron chi connectivity index (χ2n) is 22.6. The number of aliphatic hydroxyl groups is 1. The van der Waals surface area contributed by atoms with Crippen LogP contribution in [0.1, 0.15) is 126 Å². The lowest BCUT2D eigenvalue weighted by atomic mass is 9.41. The minimum Gasteiger partial charge on any atom is -0.443 e. The summed E-state index contributed by atoms with van der Waals surface area (Å²) in [5.74, 6) is 2.81. The molecule has 6 aliphatic carbocycles. The predicted molar refractivity (Wildman–Crippen MR) is 211 cm³/mol. The highest BCUT2D eigenvalue weighted by molar-refractivity contribution is 5.68. The molecule has 1 N–H and O–H groups in total. The highest BCUT2D eigenvalue weighted by Gasteiger charge is 2.84. The van der Waals surface area contributed by atoms with E-state index in [9.17, 15) is 9.90 Å². The maximum absolute atomic E-state index is 13.0. The standard InChI is InChI=1S/C46H75N3O6/c1-28(2)38(55-41(51)48-18-9-19-48)32-22-29(3)37-39(53-32)40(50)44(7)34-13-12-33-42(4,5)35(14-15-45(33)27-46(34,45)17-16-43(37,44)6)54-36-26-47(20-21-52-36)23-30-24-49(25-30)31-10-8-11-31/h28-40,50H,8-27H2,1-7H3/t29-,32-,33+,34+,35?,36+,37+,38-,39+,40+,43-,44-,45-,46+/m1/s1. The predicted octanol–water partition coefficient (Wildman–Crippen LogP) is 7.19. The molecule has 1 amide bonds. The summed E-state index contributed by atoms with van der Waals surface area (Å²) in [5.41, 5.74) is 0.571. The van der Waals surface area contributed by atoms with Gasteiger partial charge in [-0.3, -0.25) is 9.80 Å². The average Bonchev–Trinajstić information content (AvgIpc) is 3.70. The van der Waals surface area contributed by atoms with Gasteiger partial charge in [-0.25, -0.2) is 4.79 Å². The van der Waals surface area contributed by atoms with Crippen molar-refractivity contribution in [2.45, 2.75) is 168 Å². The monoisotopic (exact) mass is 766 g/mol. The van der Waals surface area contributed by atoms with Crippen LogP contribution in [0, 0.1) is 62.6 Å². The summed E-state index contributed by atoms with van der Waals surface area (Å²) in [6.07, 6.45) is 13.5. The molecule has 4 aliphatic heterocycles. The van der Waals surface area contributed by atoms with Gasteiger partial charge in [-0.1, -0.05) is 54.9 Å². The van der Waals surface area contributed by atoms with Crippen molar-refractivity contribution in [3.8, 4) is 0 Å². The molecule has 4 saturated heterocycles. The zero-order valence-corrected chi connectivity index (χ0v) is 35.5. The Balaban J connectivity index is 0.821. The van der Waals surface area contributed by atoms with Crippen LogP contribution in [-0.4, -0.2) is 121 Å². The van der Waals surface area contributed by atoms with Crippen molar-refractivity contribution in [1.82, 2.24) is 14.7 Å². The fourth-order valence-electron chi connectivity index (χ4n) is 16.3. The van der Waals surface area contributed by atoms with Gasteiger partial charge < -0.3 is 29.0 Å². The van der Waals surface area contributed by atoms with Crippen molar-refractivity contribution in [2.75, 3.05) is 52.4 Å². The van der Waals surface area contributed by atoms with Gasteiger partial charge in [-0.15, -0.1) is 0 Å². The Bertz CT molecular complexity index is 1480. The Hall–Kier alpha value is -0.970. The van der Waals surface area contributed by atoms with Gasteiger partial charge in [0.05, 0.1) is 31.0 Å². The van der Waals surface area contributed by atoms with Gasteiger partial charge in [-0.2, -0.15) is 0 Å². The fourth-order valence-corrected chi connectivity index (χ4v) is 16.3. The maximum Gasteiger partial charge on any atom is 0.410 e. The summed E-state index contributed by atoms with van der Waals surface area (Å²) >= 11 is 0. The first-order chi connectivity index (χ1) is 26.2. The molecule has 0 aromatic carbocycles. The number of aliphatic hydroxyl groups excluding tert-OH is 1. The van der Waals surface area contributed by atoms with E-state index in [1.165, 1.54) is 77.4 Å². The van der Waals surface area contributed by atoms with E-state index in [1.807, 2.05) is 4.90 Å². The van der Waals surface area contributed by atoms with Crippen LogP contribution in [0.3, 0.4) is 0 Å². The van der Waals surface area contributed by atoms with Crippen molar-refractivity contribution in [2.24, 2.45) is 62.6 Å². The topological polar surface area (TPSA) is 83.9 Å². The molecule has 55 heavy (non-hydrogen) atoms. The molecular formula is C46H75N3O6. The molecule has 0 bridgehead atoms. The molecule has 14 atom stereocenters. The van der Waals surface area contributed by atoms with E-state index in [2.05, 4.69) is 58.3 Å². The van der Waals surface area contributed by atoms with E-state index in [1.54, 1.807) is 0 Å². The average molecular weight is 766 g/mol. The van der Waals surface area contributed by atoms with E-state index < -0.39 is 6.10 Å². The van der Waals surface area contributed by atoms with Gasteiger partial charge in [0.2, 0.25) is 0 Å². The van der Waals surface area contributed by atoms with Crippen molar-refractivity contribution in [3.63, 3.8) is 0 Å². The molecule has 2 spiro atoms. The number of amides is 1. The summed E-state index contributed by atoms with van der Waals surface area (Å²) in [6.45, 7) is 24.8. The second-order valence-corrected chi connectivity index (χ2v) is 22.6. The lowest BCUT2D eigenvalue weighted by Crippen LogP contribution is -2.60. The van der Waals surface area contributed by atoms with E-state index >= 15 is 0 Å². The molecule has 4 heterocycles. The largest absolute Gasteiger partial charge is 0.443 e. The maximum atomic E-state index is 13.0. The van der Waals surface area contributed by atoms with E-state index in [0.29, 0.717) is 34.5 Å². The molecule has 9 nitrogen and oxygen atoms in total. The number of likely N-dealkylation sites (tertiary alicyclic amines) is 2. The summed E-state index contributed by atoms with van der Waals surface area (Å²) in [7, 11) is 0. The highest BCUT2D eigenvalue weighted by atomic mass is 16.7. The molecular weight excluding hydrogens is 691 g/mol. The molecule has 310 valence electrons. The van der Waals surface area contributed by atoms with Gasteiger partial charge in [0.1, 0.15) is 6.10 Å². The van der Waals surface area contributed by atoms with Gasteiger partial charge in [0.15, 0.2) is 6.29 Å². The Kier molecular flexibility index (Phi) is 9.22. The Morgan fingerprint density at radius 3 is 2.35 bits per heavy atom. The molecule has 10 fully saturated rings. The van der Waals surface area contributed by atoms with E-state index in [4.69, 9.17) is 18.9 Å². The van der Waals surface area contributed by atoms with Gasteiger partial charge >= 0.3 is 6.09 Å². The minimum absolute atomic E-state index is 0.0185. The van der Waals surface area contributed by atoms with Crippen LogP contribution in [0.4, 0.5) is 4.79 Å². The SMILES string of the molecule is CC(C)[C@@H](OC(=O)N1CCC1)[C@H]1C[C@@H](C)[C@H]2[C@H](O1)[C@H](O)[C@@]1(C)[C@@H]3CC[C@H]4C(C)(C)C(O[C@H]5CN(CC6CN(C7CCC7)C6)CCO5)CC[C@@]45C[C@@]35CC[C@]21C. The van der Waals surface area contributed by atoms with Crippen LogP contribution in [0.5, 0.6) is 0 Å². The molecule has 6 saturated carbocycles. The summed E-state index contributed by atoms with van der Waals surface area (Å²) < 4.78 is 26.7. The van der Waals surface area contributed by atoms with E-state index in [-0.39, 0.29) is 59.0 Å². The highest BCUT2D eigenvalue weighted by Crippen LogP contribution is 2.89. The zero-order valence-electron chi connectivity index (χ0n) is 35.5. The molecule has 0 aromatic rings. The van der Waals surface area contributed by atoms with Crippen LogP contribution in [-0.2, 0) is 18.9 Å². The smallest absolute Gasteiger partial charge is 0.410 e. The molecule has 10 rings (SSSR count). The third kappa shape index (κ3) is 5.46. The molecule has 0 aromatic heterocycles. The molecule has 9 heteroatoms. The number of nitrogens with zero attached hydrogens (tertiary/aromatic N) is 3. The lowest BCUT2D eigenvalue weighted by Gasteiger charge is -2.64. The number of hydrogen-bond acceptors (Lipinski definition) is 8. The van der Waals surface area contributed by atoms with Crippen LogP contribution in [0.2, 0.25) is 0 Å². The van der Waals surface area contributed by atoms with Crippen molar-refractivity contribution >= 4 is 6.09 Å². The van der Waals surface area contributed by atoms with Crippen LogP contribution in [0.15, 0.2) is 0 Å². The molecule has 1 unspecified atom stereocenters. The number of carbonyl (C=O) groups is 1. The Morgan fingerprint density at radius 2 is 1.65 bits per heavy atom. The van der Waals surface area contributed by atoms with Gasteiger partial charge in [-0.05, 0) is 128 Å². The summed E-state index contributed by atoms with van der Waals surface area (Å²) in [6, 6.07) is 0.880. The van der Waals surface area contributed by atoms with Crippen LogP contribution < -0.4 is 0 Å². The lowest BCUT2D eigenvalue weighted by molar-refractivity contribution is -0.250. The van der Waals surface area contributed by atoms with E-state index in [0.717, 1.165) is 64.0 Å². The van der Waals surface area contributed by atoms with Crippen LogP contribution >= 0.6 is 0 Å². The number of rotatable bonds is 8. The fraction of sp³-hybridized carbons (Fsp3) is 0.978. The van der Waals surface area contributed by atoms with Gasteiger partial charge in [0, 0.05) is 57.3 Å². The Morgan fingerprint density at radius 1 is 0.909 bits per heavy atom. The zero-order chi connectivity index (χ0) is 38.3. The van der Waals surface area contributed by atoms with Crippen molar-refractivity contribution in [1.29, 1.82) is 0 Å². The first kappa shape index (κ1) is 38.2. The number of hydrogen-bond donors (Lipinski definition) is 1. The summed E-state index contributed by atoms with van der Waals surface area (Å²) in [4.78, 5) is 20.2. The number of carbonyl (C=O) groups excluding carboxylic acids is 1. The van der Waals surface area contributed by atoms with Crippen LogP contribution in [0.25, 0.3) is 0 Å². The normalized spacial score (nSPS) is 50.0. The molecule has 0 radical (unpaired) electrons. The second kappa shape index (κ2) is 13.3. The third-order valence-electron chi connectivity index (χ3n) is 19.7. The quantitative estimate of drug-likeness (QED) is 0.278. The first-order valence-corrected chi connectivity index (χ1v) is 23.2. The van der Waals surface area contributed by atoms with Crippen molar-refractivity contribution < 1.29 is 28.8 Å².